The van der Waals surface area contributed by atoms with Crippen molar-refractivity contribution in [2.75, 3.05) is 13.1 Å². The molecule has 2 heterocycles. The van der Waals surface area contributed by atoms with E-state index in [9.17, 15) is 9.59 Å². The van der Waals surface area contributed by atoms with Gasteiger partial charge in [-0.2, -0.15) is 0 Å². The van der Waals surface area contributed by atoms with Gasteiger partial charge in [0.2, 0.25) is 5.91 Å². The van der Waals surface area contributed by atoms with Crippen LogP contribution in [0.3, 0.4) is 0 Å². The van der Waals surface area contributed by atoms with Crippen molar-refractivity contribution in [3.05, 3.63) is 21.3 Å². The lowest BCUT2D eigenvalue weighted by Gasteiger charge is -2.30. The van der Waals surface area contributed by atoms with E-state index in [0.29, 0.717) is 24.0 Å². The van der Waals surface area contributed by atoms with Crippen LogP contribution in [0.4, 0.5) is 4.79 Å². The number of piperidine rings is 1. The number of primary amides is 1. The van der Waals surface area contributed by atoms with Crippen molar-refractivity contribution in [1.82, 2.24) is 10.2 Å². The van der Waals surface area contributed by atoms with E-state index < -0.39 is 6.03 Å². The van der Waals surface area contributed by atoms with Crippen LogP contribution < -0.4 is 11.1 Å². The van der Waals surface area contributed by atoms with Crippen molar-refractivity contribution in [2.45, 2.75) is 19.4 Å². The molecule has 0 aliphatic carbocycles. The second-order valence-electron chi connectivity index (χ2n) is 4.55. The SMILES string of the molecule is NC(=O)N1CCC[C@H](C(=O)NCc2ccc(Cl)s2)C1. The van der Waals surface area contributed by atoms with E-state index in [4.69, 9.17) is 17.3 Å². The second kappa shape index (κ2) is 6.25. The molecular weight excluding hydrogens is 286 g/mol. The number of nitrogens with zero attached hydrogens (tertiary/aromatic N) is 1. The third-order valence-corrected chi connectivity index (χ3v) is 4.40. The van der Waals surface area contributed by atoms with Crippen LogP contribution in [0.2, 0.25) is 4.34 Å². The summed E-state index contributed by atoms with van der Waals surface area (Å²) in [7, 11) is 0. The Morgan fingerprint density at radius 2 is 2.32 bits per heavy atom. The molecule has 19 heavy (non-hydrogen) atoms. The maximum atomic E-state index is 12.0. The molecule has 0 spiro atoms. The van der Waals surface area contributed by atoms with Gasteiger partial charge >= 0.3 is 6.03 Å². The minimum atomic E-state index is -0.456. The highest BCUT2D eigenvalue weighted by atomic mass is 35.5. The quantitative estimate of drug-likeness (QED) is 0.893. The fraction of sp³-hybridized carbons (Fsp3) is 0.500. The van der Waals surface area contributed by atoms with Gasteiger partial charge < -0.3 is 16.0 Å². The summed E-state index contributed by atoms with van der Waals surface area (Å²) >= 11 is 7.27. The Labute approximate surface area is 120 Å². The van der Waals surface area contributed by atoms with Gasteiger partial charge in [0.25, 0.3) is 0 Å². The van der Waals surface area contributed by atoms with Crippen molar-refractivity contribution in [3.8, 4) is 0 Å². The number of rotatable bonds is 3. The van der Waals surface area contributed by atoms with Gasteiger partial charge in [-0.1, -0.05) is 11.6 Å². The van der Waals surface area contributed by atoms with Gasteiger partial charge in [-0.25, -0.2) is 4.79 Å². The van der Waals surface area contributed by atoms with E-state index in [1.165, 1.54) is 16.2 Å². The van der Waals surface area contributed by atoms with Crippen molar-refractivity contribution >= 4 is 34.9 Å². The predicted molar refractivity (Wildman–Crippen MR) is 75.1 cm³/mol. The molecule has 0 aromatic carbocycles. The van der Waals surface area contributed by atoms with Crippen molar-refractivity contribution < 1.29 is 9.59 Å². The highest BCUT2D eigenvalue weighted by Gasteiger charge is 2.27. The lowest BCUT2D eigenvalue weighted by atomic mass is 9.97. The zero-order valence-electron chi connectivity index (χ0n) is 10.4. The molecule has 2 rings (SSSR count). The number of hydrogen-bond donors (Lipinski definition) is 2. The number of urea groups is 1. The molecule has 1 aliphatic rings. The third kappa shape index (κ3) is 3.84. The number of carbonyl (C=O) groups excluding carboxylic acids is 2. The molecule has 1 aromatic heterocycles. The molecule has 1 saturated heterocycles. The summed E-state index contributed by atoms with van der Waals surface area (Å²) in [6, 6.07) is 3.25. The lowest BCUT2D eigenvalue weighted by molar-refractivity contribution is -0.126. The molecule has 1 fully saturated rings. The molecule has 3 amide bonds. The Balaban J connectivity index is 1.84. The van der Waals surface area contributed by atoms with E-state index in [1.807, 2.05) is 12.1 Å². The Morgan fingerprint density at radius 1 is 1.53 bits per heavy atom. The molecule has 1 aliphatic heterocycles. The number of amides is 3. The summed E-state index contributed by atoms with van der Waals surface area (Å²) in [5.74, 6) is -0.202. The number of halogens is 1. The summed E-state index contributed by atoms with van der Waals surface area (Å²) in [5.41, 5.74) is 5.24. The molecule has 0 bridgehead atoms. The molecule has 104 valence electrons. The minimum Gasteiger partial charge on any atom is -0.351 e. The Morgan fingerprint density at radius 3 is 2.95 bits per heavy atom. The van der Waals surface area contributed by atoms with Gasteiger partial charge in [-0.05, 0) is 25.0 Å². The highest BCUT2D eigenvalue weighted by Crippen LogP contribution is 2.21. The summed E-state index contributed by atoms with van der Waals surface area (Å²) in [5, 5.41) is 2.88. The topological polar surface area (TPSA) is 75.4 Å². The van der Waals surface area contributed by atoms with Crippen LogP contribution in [0.25, 0.3) is 0 Å². The van der Waals surface area contributed by atoms with Crippen molar-refractivity contribution in [3.63, 3.8) is 0 Å². The fourth-order valence-electron chi connectivity index (χ4n) is 2.16. The molecule has 0 radical (unpaired) electrons. The Hall–Kier alpha value is -1.27. The molecule has 1 atom stereocenters. The molecule has 0 saturated carbocycles. The van der Waals surface area contributed by atoms with Crippen LogP contribution in [0, 0.1) is 5.92 Å². The molecule has 1 aromatic rings. The standard InChI is InChI=1S/C12H16ClN3O2S/c13-10-4-3-9(19-10)6-15-11(17)8-2-1-5-16(7-8)12(14)18/h3-4,8H,1-2,5-7H2,(H2,14,18)(H,15,17)/t8-/m0/s1. The summed E-state index contributed by atoms with van der Waals surface area (Å²) in [4.78, 5) is 25.7. The summed E-state index contributed by atoms with van der Waals surface area (Å²) in [6.07, 6.45) is 1.60. The minimum absolute atomic E-state index is 0.0320. The fourth-order valence-corrected chi connectivity index (χ4v) is 3.18. The summed E-state index contributed by atoms with van der Waals surface area (Å²) in [6.45, 7) is 1.52. The second-order valence-corrected chi connectivity index (χ2v) is 6.35. The van der Waals surface area contributed by atoms with Crippen LogP contribution >= 0.6 is 22.9 Å². The van der Waals surface area contributed by atoms with Crippen LogP contribution in [0.5, 0.6) is 0 Å². The number of likely N-dealkylation sites (tertiary alicyclic amines) is 1. The number of nitrogens with two attached hydrogens (primary N) is 1. The van der Waals surface area contributed by atoms with Gasteiger partial charge in [0.1, 0.15) is 0 Å². The zero-order chi connectivity index (χ0) is 13.8. The first kappa shape index (κ1) is 14.1. The van der Waals surface area contributed by atoms with E-state index in [2.05, 4.69) is 5.32 Å². The van der Waals surface area contributed by atoms with Gasteiger partial charge in [0, 0.05) is 18.0 Å². The third-order valence-electron chi connectivity index (χ3n) is 3.17. The first-order chi connectivity index (χ1) is 9.06. The smallest absolute Gasteiger partial charge is 0.314 e. The van der Waals surface area contributed by atoms with E-state index >= 15 is 0 Å². The van der Waals surface area contributed by atoms with Crippen LogP contribution in [-0.2, 0) is 11.3 Å². The van der Waals surface area contributed by atoms with E-state index in [-0.39, 0.29) is 11.8 Å². The molecular formula is C12H16ClN3O2S. The van der Waals surface area contributed by atoms with E-state index in [1.54, 1.807) is 0 Å². The van der Waals surface area contributed by atoms with Crippen LogP contribution in [-0.4, -0.2) is 29.9 Å². The first-order valence-electron chi connectivity index (χ1n) is 6.12. The van der Waals surface area contributed by atoms with Gasteiger partial charge in [-0.15, -0.1) is 11.3 Å². The maximum Gasteiger partial charge on any atom is 0.314 e. The van der Waals surface area contributed by atoms with Gasteiger partial charge in [0.15, 0.2) is 0 Å². The predicted octanol–water partition coefficient (Wildman–Crippen LogP) is 1.81. The first-order valence-corrected chi connectivity index (χ1v) is 7.32. The van der Waals surface area contributed by atoms with Gasteiger partial charge in [-0.3, -0.25) is 4.79 Å². The van der Waals surface area contributed by atoms with Crippen molar-refractivity contribution in [2.24, 2.45) is 11.7 Å². The molecule has 0 unspecified atom stereocenters. The number of carbonyl (C=O) groups is 2. The van der Waals surface area contributed by atoms with E-state index in [0.717, 1.165) is 17.7 Å². The number of thiophene rings is 1. The molecule has 7 heteroatoms. The highest BCUT2D eigenvalue weighted by molar-refractivity contribution is 7.16. The van der Waals surface area contributed by atoms with Crippen molar-refractivity contribution in [1.29, 1.82) is 0 Å². The normalized spacial score (nSPS) is 19.2. The largest absolute Gasteiger partial charge is 0.351 e. The molecule has 3 N–H and O–H groups in total. The molecule has 5 nitrogen and oxygen atoms in total. The van der Waals surface area contributed by atoms with Crippen LogP contribution in [0.15, 0.2) is 12.1 Å². The number of hydrogen-bond acceptors (Lipinski definition) is 3. The monoisotopic (exact) mass is 301 g/mol. The van der Waals surface area contributed by atoms with Crippen LogP contribution in [0.1, 0.15) is 17.7 Å². The number of nitrogens with one attached hydrogen (secondary N) is 1. The Bertz CT molecular complexity index is 477. The average Bonchev–Trinajstić information content (AvgIpc) is 2.82. The summed E-state index contributed by atoms with van der Waals surface area (Å²) < 4.78 is 0.710. The lowest BCUT2D eigenvalue weighted by Crippen LogP contribution is -2.47. The van der Waals surface area contributed by atoms with Gasteiger partial charge in [0.05, 0.1) is 16.8 Å². The maximum absolute atomic E-state index is 12.0. The average molecular weight is 302 g/mol. The zero-order valence-corrected chi connectivity index (χ0v) is 12.0. The Kier molecular flexibility index (Phi) is 4.66.